The molecule has 0 spiro atoms. The standard InChI is InChI=1S/C10H19N5O/c1-4-6(2)5-16-9-7(11)8(13-3)14-10(12)15-9/h6H,4-5,11H2,1-3H3,(H3,12,13,14,15). The van der Waals surface area contributed by atoms with E-state index in [4.69, 9.17) is 16.2 Å². The molecule has 0 amide bonds. The molecule has 1 aromatic heterocycles. The van der Waals surface area contributed by atoms with Crippen molar-refractivity contribution in [1.82, 2.24) is 9.97 Å². The summed E-state index contributed by atoms with van der Waals surface area (Å²) in [5.41, 5.74) is 11.8. The third-order valence-corrected chi connectivity index (χ3v) is 2.37. The molecule has 16 heavy (non-hydrogen) atoms. The van der Waals surface area contributed by atoms with Gasteiger partial charge in [0.2, 0.25) is 11.8 Å². The fraction of sp³-hybridized carbons (Fsp3) is 0.600. The number of rotatable bonds is 5. The van der Waals surface area contributed by atoms with Crippen molar-refractivity contribution < 1.29 is 4.74 Å². The lowest BCUT2D eigenvalue weighted by Crippen LogP contribution is -2.12. The van der Waals surface area contributed by atoms with Crippen LogP contribution in [0.1, 0.15) is 20.3 Å². The van der Waals surface area contributed by atoms with E-state index in [1.54, 1.807) is 7.05 Å². The molecule has 0 aliphatic rings. The SMILES string of the molecule is CCC(C)COc1nc(N)nc(NC)c1N. The molecule has 1 rings (SSSR count). The Bertz CT molecular complexity index is 355. The van der Waals surface area contributed by atoms with Crippen molar-refractivity contribution in [2.45, 2.75) is 20.3 Å². The van der Waals surface area contributed by atoms with Crippen molar-refractivity contribution in [1.29, 1.82) is 0 Å². The molecule has 0 aromatic carbocycles. The van der Waals surface area contributed by atoms with Crippen LogP contribution in [0.15, 0.2) is 0 Å². The first-order valence-electron chi connectivity index (χ1n) is 5.32. The van der Waals surface area contributed by atoms with Crippen molar-refractivity contribution in [3.63, 3.8) is 0 Å². The molecule has 0 bridgehead atoms. The average molecular weight is 225 g/mol. The molecule has 6 nitrogen and oxygen atoms in total. The molecule has 1 heterocycles. The van der Waals surface area contributed by atoms with Gasteiger partial charge in [-0.15, -0.1) is 0 Å². The van der Waals surface area contributed by atoms with E-state index in [1.807, 2.05) is 0 Å². The molecule has 0 fully saturated rings. The molecule has 90 valence electrons. The molecule has 6 heteroatoms. The van der Waals surface area contributed by atoms with Crippen LogP contribution in [-0.2, 0) is 0 Å². The quantitative estimate of drug-likeness (QED) is 0.694. The summed E-state index contributed by atoms with van der Waals surface area (Å²) in [4.78, 5) is 7.92. The molecule has 5 N–H and O–H groups in total. The highest BCUT2D eigenvalue weighted by molar-refractivity contribution is 5.68. The second-order valence-corrected chi connectivity index (χ2v) is 3.72. The van der Waals surface area contributed by atoms with E-state index in [0.717, 1.165) is 6.42 Å². The maximum absolute atomic E-state index is 5.82. The lowest BCUT2D eigenvalue weighted by molar-refractivity contribution is 0.249. The predicted molar refractivity (Wildman–Crippen MR) is 65.4 cm³/mol. The van der Waals surface area contributed by atoms with E-state index < -0.39 is 0 Å². The van der Waals surface area contributed by atoms with Crippen LogP contribution in [0.25, 0.3) is 0 Å². The number of aromatic nitrogens is 2. The third kappa shape index (κ3) is 2.88. The zero-order valence-electron chi connectivity index (χ0n) is 9.95. The number of nitrogens with one attached hydrogen (secondary N) is 1. The Balaban J connectivity index is 2.83. The number of hydrogen-bond donors (Lipinski definition) is 3. The molecule has 0 saturated heterocycles. The molecular formula is C10H19N5O. The fourth-order valence-corrected chi connectivity index (χ4v) is 1.10. The monoisotopic (exact) mass is 225 g/mol. The maximum Gasteiger partial charge on any atom is 0.244 e. The number of anilines is 3. The van der Waals surface area contributed by atoms with Gasteiger partial charge in [0.25, 0.3) is 0 Å². The van der Waals surface area contributed by atoms with Gasteiger partial charge in [-0.25, -0.2) is 0 Å². The minimum Gasteiger partial charge on any atom is -0.476 e. The van der Waals surface area contributed by atoms with Gasteiger partial charge in [-0.1, -0.05) is 20.3 Å². The van der Waals surface area contributed by atoms with Gasteiger partial charge in [-0.2, -0.15) is 9.97 Å². The van der Waals surface area contributed by atoms with Gasteiger partial charge >= 0.3 is 0 Å². The van der Waals surface area contributed by atoms with Crippen LogP contribution in [0.2, 0.25) is 0 Å². The second kappa shape index (κ2) is 5.39. The summed E-state index contributed by atoms with van der Waals surface area (Å²) in [6.07, 6.45) is 1.04. The number of ether oxygens (including phenoxy) is 1. The van der Waals surface area contributed by atoms with Crippen LogP contribution in [0.3, 0.4) is 0 Å². The number of nitrogens with zero attached hydrogens (tertiary/aromatic N) is 2. The van der Waals surface area contributed by atoms with Gasteiger partial charge in [0.05, 0.1) is 6.61 Å². The Morgan fingerprint density at radius 3 is 2.62 bits per heavy atom. The summed E-state index contributed by atoms with van der Waals surface area (Å²) in [5.74, 6) is 1.44. The van der Waals surface area contributed by atoms with Crippen molar-refractivity contribution in [2.75, 3.05) is 30.4 Å². The van der Waals surface area contributed by atoms with Crippen molar-refractivity contribution in [3.8, 4) is 5.88 Å². The molecular weight excluding hydrogens is 206 g/mol. The number of nitrogen functional groups attached to an aromatic ring is 2. The zero-order chi connectivity index (χ0) is 12.1. The number of hydrogen-bond acceptors (Lipinski definition) is 6. The van der Waals surface area contributed by atoms with Gasteiger partial charge < -0.3 is 21.5 Å². The summed E-state index contributed by atoms with van der Waals surface area (Å²) in [6, 6.07) is 0. The Morgan fingerprint density at radius 1 is 1.38 bits per heavy atom. The first-order chi connectivity index (χ1) is 7.58. The second-order valence-electron chi connectivity index (χ2n) is 3.72. The van der Waals surface area contributed by atoms with E-state index in [9.17, 15) is 0 Å². The lowest BCUT2D eigenvalue weighted by Gasteiger charge is -2.13. The highest BCUT2D eigenvalue weighted by Gasteiger charge is 2.11. The molecule has 1 atom stereocenters. The molecule has 1 unspecified atom stereocenters. The molecule has 0 radical (unpaired) electrons. The zero-order valence-corrected chi connectivity index (χ0v) is 9.95. The topological polar surface area (TPSA) is 99.1 Å². The van der Waals surface area contributed by atoms with E-state index >= 15 is 0 Å². The fourth-order valence-electron chi connectivity index (χ4n) is 1.10. The Hall–Kier alpha value is -1.72. The van der Waals surface area contributed by atoms with Crippen molar-refractivity contribution >= 4 is 17.5 Å². The predicted octanol–water partition coefficient (Wildman–Crippen LogP) is 1.11. The largest absolute Gasteiger partial charge is 0.476 e. The Labute approximate surface area is 95.4 Å². The van der Waals surface area contributed by atoms with E-state index in [2.05, 4.69) is 29.1 Å². The van der Waals surface area contributed by atoms with Crippen LogP contribution < -0.4 is 21.5 Å². The van der Waals surface area contributed by atoms with Crippen LogP contribution in [-0.4, -0.2) is 23.6 Å². The van der Waals surface area contributed by atoms with Crippen LogP contribution in [0.4, 0.5) is 17.5 Å². The smallest absolute Gasteiger partial charge is 0.244 e. The Morgan fingerprint density at radius 2 is 2.06 bits per heavy atom. The first kappa shape index (κ1) is 12.4. The van der Waals surface area contributed by atoms with Gasteiger partial charge in [-0.05, 0) is 5.92 Å². The van der Waals surface area contributed by atoms with Crippen molar-refractivity contribution in [2.24, 2.45) is 5.92 Å². The summed E-state index contributed by atoms with van der Waals surface area (Å²) in [7, 11) is 1.72. The van der Waals surface area contributed by atoms with E-state index in [-0.39, 0.29) is 5.95 Å². The number of nitrogens with two attached hydrogens (primary N) is 2. The van der Waals surface area contributed by atoms with Crippen LogP contribution in [0.5, 0.6) is 5.88 Å². The summed E-state index contributed by atoms with van der Waals surface area (Å²) in [6.45, 7) is 4.77. The van der Waals surface area contributed by atoms with Crippen molar-refractivity contribution in [3.05, 3.63) is 0 Å². The van der Waals surface area contributed by atoms with Gasteiger partial charge in [-0.3, -0.25) is 0 Å². The van der Waals surface area contributed by atoms with E-state index in [1.165, 1.54) is 0 Å². The van der Waals surface area contributed by atoms with Crippen LogP contribution >= 0.6 is 0 Å². The Kier molecular flexibility index (Phi) is 4.16. The lowest BCUT2D eigenvalue weighted by atomic mass is 10.1. The highest BCUT2D eigenvalue weighted by Crippen LogP contribution is 2.26. The van der Waals surface area contributed by atoms with Gasteiger partial charge in [0.1, 0.15) is 5.69 Å². The normalized spacial score (nSPS) is 12.2. The summed E-state index contributed by atoms with van der Waals surface area (Å²) >= 11 is 0. The first-order valence-corrected chi connectivity index (χ1v) is 5.32. The van der Waals surface area contributed by atoms with Crippen LogP contribution in [0, 0.1) is 5.92 Å². The highest BCUT2D eigenvalue weighted by atomic mass is 16.5. The molecule has 0 aliphatic heterocycles. The van der Waals surface area contributed by atoms with E-state index in [0.29, 0.717) is 29.9 Å². The minimum absolute atomic E-state index is 0.151. The van der Waals surface area contributed by atoms with Gasteiger partial charge in [0.15, 0.2) is 5.82 Å². The molecule has 0 saturated carbocycles. The molecule has 0 aliphatic carbocycles. The maximum atomic E-state index is 5.82. The average Bonchev–Trinajstić information content (AvgIpc) is 2.29. The summed E-state index contributed by atoms with van der Waals surface area (Å²) < 4.78 is 5.52. The summed E-state index contributed by atoms with van der Waals surface area (Å²) in [5, 5.41) is 2.84. The minimum atomic E-state index is 0.151. The molecule has 1 aromatic rings. The van der Waals surface area contributed by atoms with Gasteiger partial charge in [0, 0.05) is 7.05 Å². The third-order valence-electron chi connectivity index (χ3n) is 2.37.